The van der Waals surface area contributed by atoms with Crippen LogP contribution in [0.25, 0.3) is 0 Å². The maximum absolute atomic E-state index is 13.1. The minimum absolute atomic E-state index is 0.0356. The summed E-state index contributed by atoms with van der Waals surface area (Å²) >= 11 is 0. The second kappa shape index (κ2) is 8.43. The maximum atomic E-state index is 13.1. The van der Waals surface area contributed by atoms with Crippen molar-refractivity contribution in [3.63, 3.8) is 0 Å². The Kier molecular flexibility index (Phi) is 5.56. The molecule has 0 aliphatic carbocycles. The van der Waals surface area contributed by atoms with Crippen molar-refractivity contribution < 1.29 is 4.79 Å². The minimum Gasteiger partial charge on any atom is -0.334 e. The SMILES string of the molecule is CC(C)N(Cc1ccccc1)c1nccc(C(=O)N2CCc3ccccc3C2)n1. The van der Waals surface area contributed by atoms with Gasteiger partial charge in [-0.2, -0.15) is 0 Å². The van der Waals surface area contributed by atoms with Gasteiger partial charge in [0.05, 0.1) is 0 Å². The van der Waals surface area contributed by atoms with Crippen LogP contribution in [0.15, 0.2) is 66.9 Å². The van der Waals surface area contributed by atoms with E-state index in [-0.39, 0.29) is 11.9 Å². The molecule has 1 aliphatic heterocycles. The van der Waals surface area contributed by atoms with Gasteiger partial charge in [0.1, 0.15) is 5.69 Å². The van der Waals surface area contributed by atoms with Gasteiger partial charge in [-0.25, -0.2) is 9.97 Å². The molecule has 1 amide bonds. The first kappa shape index (κ1) is 19.1. The van der Waals surface area contributed by atoms with Crippen LogP contribution in [0.1, 0.15) is 41.0 Å². The minimum atomic E-state index is -0.0356. The van der Waals surface area contributed by atoms with Crippen molar-refractivity contribution in [2.75, 3.05) is 11.4 Å². The molecule has 5 nitrogen and oxygen atoms in total. The van der Waals surface area contributed by atoms with E-state index in [2.05, 4.69) is 59.0 Å². The Morgan fingerprint density at radius 2 is 1.76 bits per heavy atom. The number of aromatic nitrogens is 2. The van der Waals surface area contributed by atoms with Crippen LogP contribution in [0.2, 0.25) is 0 Å². The van der Waals surface area contributed by atoms with Gasteiger partial charge in [-0.15, -0.1) is 0 Å². The lowest BCUT2D eigenvalue weighted by Crippen LogP contribution is -2.37. The smallest absolute Gasteiger partial charge is 0.272 e. The van der Waals surface area contributed by atoms with E-state index in [1.54, 1.807) is 12.3 Å². The van der Waals surface area contributed by atoms with Gasteiger partial charge in [0.25, 0.3) is 5.91 Å². The van der Waals surface area contributed by atoms with Crippen molar-refractivity contribution in [1.29, 1.82) is 0 Å². The summed E-state index contributed by atoms with van der Waals surface area (Å²) in [5, 5.41) is 0. The van der Waals surface area contributed by atoms with Gasteiger partial charge < -0.3 is 9.80 Å². The second-order valence-corrected chi connectivity index (χ2v) is 7.69. The second-order valence-electron chi connectivity index (χ2n) is 7.69. The fourth-order valence-electron chi connectivity index (χ4n) is 3.70. The van der Waals surface area contributed by atoms with Crippen LogP contribution in [0.4, 0.5) is 5.95 Å². The van der Waals surface area contributed by atoms with Crippen molar-refractivity contribution >= 4 is 11.9 Å². The molecule has 0 fully saturated rings. The summed E-state index contributed by atoms with van der Waals surface area (Å²) < 4.78 is 0. The molecule has 2 aromatic carbocycles. The molecule has 0 atom stereocenters. The van der Waals surface area contributed by atoms with E-state index >= 15 is 0 Å². The third-order valence-electron chi connectivity index (χ3n) is 5.36. The topological polar surface area (TPSA) is 49.3 Å². The number of carbonyl (C=O) groups excluding carboxylic acids is 1. The third-order valence-corrected chi connectivity index (χ3v) is 5.36. The summed E-state index contributed by atoms with van der Waals surface area (Å²) in [6, 6.07) is 20.5. The summed E-state index contributed by atoms with van der Waals surface area (Å²) in [5.74, 6) is 0.554. The standard InChI is InChI=1S/C24H26N4O/c1-18(2)28(16-19-8-4-3-5-9-19)24-25-14-12-22(26-24)23(29)27-15-13-20-10-6-7-11-21(20)17-27/h3-12,14,18H,13,15-17H2,1-2H3. The van der Waals surface area contributed by atoms with Crippen LogP contribution in [0.5, 0.6) is 0 Å². The van der Waals surface area contributed by atoms with Gasteiger partial charge in [0, 0.05) is 31.9 Å². The van der Waals surface area contributed by atoms with E-state index < -0.39 is 0 Å². The highest BCUT2D eigenvalue weighted by Crippen LogP contribution is 2.21. The zero-order valence-electron chi connectivity index (χ0n) is 17.0. The monoisotopic (exact) mass is 386 g/mol. The van der Waals surface area contributed by atoms with E-state index in [0.717, 1.165) is 6.42 Å². The third kappa shape index (κ3) is 4.29. The van der Waals surface area contributed by atoms with Gasteiger partial charge in [-0.05, 0) is 43.0 Å². The summed E-state index contributed by atoms with van der Waals surface area (Å²) in [6.07, 6.45) is 2.57. The van der Waals surface area contributed by atoms with E-state index in [9.17, 15) is 4.79 Å². The maximum Gasteiger partial charge on any atom is 0.272 e. The summed E-state index contributed by atoms with van der Waals surface area (Å²) in [4.78, 5) is 26.2. The highest BCUT2D eigenvalue weighted by Gasteiger charge is 2.24. The lowest BCUT2D eigenvalue weighted by atomic mass is 10.00. The summed E-state index contributed by atoms with van der Waals surface area (Å²) in [5.41, 5.74) is 4.19. The Hall–Kier alpha value is -3.21. The van der Waals surface area contributed by atoms with E-state index in [4.69, 9.17) is 0 Å². The molecule has 0 N–H and O–H groups in total. The van der Waals surface area contributed by atoms with Crippen molar-refractivity contribution in [3.8, 4) is 0 Å². The predicted molar refractivity (Wildman–Crippen MR) is 115 cm³/mol. The molecule has 3 aromatic rings. The van der Waals surface area contributed by atoms with E-state index in [0.29, 0.717) is 31.3 Å². The van der Waals surface area contributed by atoms with Crippen LogP contribution < -0.4 is 4.90 Å². The quantitative estimate of drug-likeness (QED) is 0.663. The molecule has 0 bridgehead atoms. The van der Waals surface area contributed by atoms with Crippen molar-refractivity contribution in [3.05, 3.63) is 89.2 Å². The summed E-state index contributed by atoms with van der Waals surface area (Å²) in [7, 11) is 0. The fraction of sp³-hybridized carbons (Fsp3) is 0.292. The number of hydrogen-bond acceptors (Lipinski definition) is 4. The number of nitrogens with zero attached hydrogens (tertiary/aromatic N) is 4. The van der Waals surface area contributed by atoms with Crippen LogP contribution >= 0.6 is 0 Å². The van der Waals surface area contributed by atoms with Gasteiger partial charge in [0.15, 0.2) is 0 Å². The number of amides is 1. The molecule has 1 aromatic heterocycles. The highest BCUT2D eigenvalue weighted by atomic mass is 16.2. The molecule has 0 spiro atoms. The molecule has 4 rings (SSSR count). The Morgan fingerprint density at radius 1 is 1.03 bits per heavy atom. The number of benzene rings is 2. The van der Waals surface area contributed by atoms with E-state index in [1.807, 2.05) is 29.2 Å². The van der Waals surface area contributed by atoms with Gasteiger partial charge in [0.2, 0.25) is 5.95 Å². The average molecular weight is 386 g/mol. The van der Waals surface area contributed by atoms with Gasteiger partial charge >= 0.3 is 0 Å². The van der Waals surface area contributed by atoms with E-state index in [1.165, 1.54) is 16.7 Å². The molecule has 0 unspecified atom stereocenters. The zero-order valence-corrected chi connectivity index (χ0v) is 17.0. The summed E-state index contributed by atoms with van der Waals surface area (Å²) in [6.45, 7) is 6.28. The molecule has 0 saturated carbocycles. The molecule has 2 heterocycles. The van der Waals surface area contributed by atoms with Crippen molar-refractivity contribution in [1.82, 2.24) is 14.9 Å². The number of anilines is 1. The normalized spacial score (nSPS) is 13.3. The Morgan fingerprint density at radius 3 is 2.52 bits per heavy atom. The van der Waals surface area contributed by atoms with Gasteiger partial charge in [-0.1, -0.05) is 54.6 Å². The number of rotatable bonds is 5. The molecule has 0 saturated heterocycles. The largest absolute Gasteiger partial charge is 0.334 e. The zero-order chi connectivity index (χ0) is 20.2. The molecular weight excluding hydrogens is 360 g/mol. The lowest BCUT2D eigenvalue weighted by molar-refractivity contribution is 0.0728. The average Bonchev–Trinajstić information content (AvgIpc) is 2.77. The first-order valence-electron chi connectivity index (χ1n) is 10.1. The Labute approximate surface area is 172 Å². The lowest BCUT2D eigenvalue weighted by Gasteiger charge is -2.29. The molecule has 29 heavy (non-hydrogen) atoms. The first-order chi connectivity index (χ1) is 14.1. The van der Waals surface area contributed by atoms with Gasteiger partial charge in [-0.3, -0.25) is 4.79 Å². The molecule has 5 heteroatoms. The first-order valence-corrected chi connectivity index (χ1v) is 10.1. The van der Waals surface area contributed by atoms with Crippen LogP contribution in [-0.2, 0) is 19.5 Å². The van der Waals surface area contributed by atoms with Crippen LogP contribution in [0, 0.1) is 0 Å². The predicted octanol–water partition coefficient (Wildman–Crippen LogP) is 4.09. The van der Waals surface area contributed by atoms with Crippen molar-refractivity contribution in [2.24, 2.45) is 0 Å². The van der Waals surface area contributed by atoms with Crippen molar-refractivity contribution in [2.45, 2.75) is 39.4 Å². The Balaban J connectivity index is 1.55. The molecule has 148 valence electrons. The van der Waals surface area contributed by atoms with Crippen LogP contribution in [0.3, 0.4) is 0 Å². The number of carbonyl (C=O) groups is 1. The van der Waals surface area contributed by atoms with Crippen LogP contribution in [-0.4, -0.2) is 33.4 Å². The highest BCUT2D eigenvalue weighted by molar-refractivity contribution is 5.92. The fourth-order valence-corrected chi connectivity index (χ4v) is 3.70. The molecule has 0 radical (unpaired) electrons. The number of fused-ring (bicyclic) bond motifs is 1. The number of hydrogen-bond donors (Lipinski definition) is 0. The molecular formula is C24H26N4O. The Bertz CT molecular complexity index is 987. The molecule has 1 aliphatic rings.